The zero-order valence-electron chi connectivity index (χ0n) is 13.5. The summed E-state index contributed by atoms with van der Waals surface area (Å²) in [5, 5.41) is 11.4. The van der Waals surface area contributed by atoms with Crippen molar-refractivity contribution in [1.82, 2.24) is 0 Å². The molecule has 0 unspecified atom stereocenters. The van der Waals surface area contributed by atoms with E-state index < -0.39 is 29.1 Å². The van der Waals surface area contributed by atoms with Crippen LogP contribution < -0.4 is 9.25 Å². The standard InChI is InChI=1S/C18H15AsN2O5/c22-19(23,24)17-12-11-16(13-18(17)21(25)26)20(14-7-3-1-4-8-14)15-9-5-2-6-10-15/h1-13H,(H2,22,23,24). The molecule has 0 radical (unpaired) electrons. The zero-order chi connectivity index (χ0) is 18.7. The van der Waals surface area contributed by atoms with E-state index in [0.29, 0.717) is 5.69 Å². The Hall–Kier alpha value is -2.86. The van der Waals surface area contributed by atoms with E-state index in [4.69, 9.17) is 0 Å². The van der Waals surface area contributed by atoms with Crippen LogP contribution in [0.5, 0.6) is 0 Å². The van der Waals surface area contributed by atoms with Crippen molar-refractivity contribution in [2.75, 3.05) is 4.90 Å². The van der Waals surface area contributed by atoms with Gasteiger partial charge in [-0.15, -0.1) is 0 Å². The van der Waals surface area contributed by atoms with Crippen molar-refractivity contribution in [2.24, 2.45) is 0 Å². The maximum atomic E-state index is 11.6. The third kappa shape index (κ3) is 3.70. The molecule has 3 rings (SSSR count). The minimum absolute atomic E-state index is 0.432. The molecule has 0 amide bonds. The molecule has 0 atom stereocenters. The Balaban J connectivity index is 2.21. The van der Waals surface area contributed by atoms with E-state index in [9.17, 15) is 22.0 Å². The van der Waals surface area contributed by atoms with Crippen LogP contribution in [0.25, 0.3) is 0 Å². The van der Waals surface area contributed by atoms with Crippen molar-refractivity contribution >= 4 is 41.3 Å². The summed E-state index contributed by atoms with van der Waals surface area (Å²) in [6.07, 6.45) is 0. The summed E-state index contributed by atoms with van der Waals surface area (Å²) in [6, 6.07) is 22.3. The summed E-state index contributed by atoms with van der Waals surface area (Å²) in [6.45, 7) is 0. The molecule has 3 aromatic rings. The van der Waals surface area contributed by atoms with Crippen LogP contribution in [0.2, 0.25) is 0 Å². The van der Waals surface area contributed by atoms with Gasteiger partial charge < -0.3 is 0 Å². The van der Waals surface area contributed by atoms with Crippen molar-refractivity contribution in [3.05, 3.63) is 89.0 Å². The van der Waals surface area contributed by atoms with E-state index in [1.54, 1.807) is 4.90 Å². The number of nitro benzene ring substituents is 1. The number of anilines is 3. The minimum atomic E-state index is -5.43. The van der Waals surface area contributed by atoms with Gasteiger partial charge in [-0.2, -0.15) is 0 Å². The molecule has 2 N–H and O–H groups in total. The first-order chi connectivity index (χ1) is 12.4. The van der Waals surface area contributed by atoms with Gasteiger partial charge in [0.05, 0.1) is 0 Å². The molecule has 0 heterocycles. The molecular weight excluding hydrogens is 399 g/mol. The summed E-state index contributed by atoms with van der Waals surface area (Å²) in [4.78, 5) is 12.4. The molecule has 0 aliphatic heterocycles. The predicted molar refractivity (Wildman–Crippen MR) is 98.3 cm³/mol. The van der Waals surface area contributed by atoms with Crippen LogP contribution >= 0.6 is 0 Å². The van der Waals surface area contributed by atoms with E-state index in [-0.39, 0.29) is 0 Å². The number of para-hydroxylation sites is 2. The Labute approximate surface area is 152 Å². The molecule has 0 saturated heterocycles. The van der Waals surface area contributed by atoms with Crippen molar-refractivity contribution in [3.63, 3.8) is 0 Å². The molecule has 3 aromatic carbocycles. The average molecular weight is 414 g/mol. The number of nitrogens with zero attached hydrogens (tertiary/aromatic N) is 2. The molecule has 26 heavy (non-hydrogen) atoms. The average Bonchev–Trinajstić information content (AvgIpc) is 2.63. The first-order valence-electron chi connectivity index (χ1n) is 7.63. The van der Waals surface area contributed by atoms with E-state index >= 15 is 0 Å². The first-order valence-corrected chi connectivity index (χ1v) is 11.0. The monoisotopic (exact) mass is 414 g/mol. The first kappa shape index (κ1) is 17.9. The molecule has 8 heteroatoms. The Morgan fingerprint density at radius 1 is 0.808 bits per heavy atom. The van der Waals surface area contributed by atoms with Gasteiger partial charge >= 0.3 is 152 Å². The third-order valence-corrected chi connectivity index (χ3v) is 5.87. The summed E-state index contributed by atoms with van der Waals surface area (Å²) >= 11 is -5.43. The van der Waals surface area contributed by atoms with Gasteiger partial charge in [-0.05, 0) is 0 Å². The van der Waals surface area contributed by atoms with Crippen LogP contribution in [0.4, 0.5) is 22.7 Å². The van der Waals surface area contributed by atoms with Crippen molar-refractivity contribution < 1.29 is 16.9 Å². The topological polar surface area (TPSA) is 104 Å². The van der Waals surface area contributed by atoms with Crippen molar-refractivity contribution in [3.8, 4) is 0 Å². The summed E-state index contributed by atoms with van der Waals surface area (Å²) in [7, 11) is 0. The van der Waals surface area contributed by atoms with Gasteiger partial charge in [-0.25, -0.2) is 0 Å². The van der Waals surface area contributed by atoms with Gasteiger partial charge in [0.15, 0.2) is 0 Å². The van der Waals surface area contributed by atoms with Crippen molar-refractivity contribution in [1.29, 1.82) is 0 Å². The second kappa shape index (κ2) is 7.17. The Bertz CT molecular complexity index is 934. The maximum absolute atomic E-state index is 11.6. The zero-order valence-corrected chi connectivity index (χ0v) is 15.3. The molecule has 7 nitrogen and oxygen atoms in total. The fourth-order valence-corrected chi connectivity index (χ4v) is 4.14. The predicted octanol–water partition coefficient (Wildman–Crippen LogP) is 2.63. The summed E-state index contributed by atoms with van der Waals surface area (Å²) < 4.78 is 29.9. The number of hydrogen-bond acceptors (Lipinski definition) is 4. The number of nitro groups is 1. The van der Waals surface area contributed by atoms with Crippen LogP contribution in [0.1, 0.15) is 0 Å². The SMILES string of the molecule is O=[N+]([O-])c1cc(N(c2ccccc2)c2ccccc2)ccc1[As](=O)(O)O. The van der Waals surface area contributed by atoms with Crippen molar-refractivity contribution in [2.45, 2.75) is 0 Å². The molecule has 0 fully saturated rings. The Kier molecular flexibility index (Phi) is 4.95. The Morgan fingerprint density at radius 2 is 1.31 bits per heavy atom. The fourth-order valence-electron chi connectivity index (χ4n) is 2.64. The van der Waals surface area contributed by atoms with E-state index in [1.165, 1.54) is 12.1 Å². The number of hydrogen-bond donors (Lipinski definition) is 2. The molecular formula is C18H15AsN2O5. The van der Waals surface area contributed by atoms with Crippen LogP contribution in [0, 0.1) is 10.1 Å². The van der Waals surface area contributed by atoms with Crippen LogP contribution in [-0.4, -0.2) is 27.3 Å². The third-order valence-electron chi connectivity index (χ3n) is 3.76. The second-order valence-corrected chi connectivity index (χ2v) is 8.77. The molecule has 132 valence electrons. The Morgan fingerprint density at radius 3 is 1.73 bits per heavy atom. The van der Waals surface area contributed by atoms with Gasteiger partial charge in [0.2, 0.25) is 0 Å². The van der Waals surface area contributed by atoms with Crippen LogP contribution in [0.15, 0.2) is 78.9 Å². The summed E-state index contributed by atoms with van der Waals surface area (Å²) in [5.74, 6) is 0. The quantitative estimate of drug-likeness (QED) is 0.378. The molecule has 0 aliphatic carbocycles. The van der Waals surface area contributed by atoms with Gasteiger partial charge in [0.1, 0.15) is 0 Å². The molecule has 0 spiro atoms. The van der Waals surface area contributed by atoms with Gasteiger partial charge in [0.25, 0.3) is 0 Å². The number of benzene rings is 3. The van der Waals surface area contributed by atoms with E-state index in [1.807, 2.05) is 60.7 Å². The number of rotatable bonds is 5. The van der Waals surface area contributed by atoms with E-state index in [2.05, 4.69) is 0 Å². The normalized spacial score (nSPS) is 11.2. The van der Waals surface area contributed by atoms with Crippen LogP contribution in [0.3, 0.4) is 0 Å². The molecule has 0 bridgehead atoms. The molecule has 0 saturated carbocycles. The molecule has 0 aromatic heterocycles. The van der Waals surface area contributed by atoms with E-state index in [0.717, 1.165) is 17.4 Å². The molecule has 0 aliphatic rings. The van der Waals surface area contributed by atoms with Gasteiger partial charge in [-0.3, -0.25) is 0 Å². The second-order valence-electron chi connectivity index (χ2n) is 5.48. The fraction of sp³-hybridized carbons (Fsp3) is 0. The van der Waals surface area contributed by atoms with Crippen LogP contribution in [-0.2, 0) is 3.74 Å². The van der Waals surface area contributed by atoms with Gasteiger partial charge in [-0.1, -0.05) is 0 Å². The van der Waals surface area contributed by atoms with Gasteiger partial charge in [0, 0.05) is 0 Å². The summed E-state index contributed by atoms with van der Waals surface area (Å²) in [5.41, 5.74) is 1.37.